The average Bonchev–Trinajstić information content (AvgIpc) is 3.08. The van der Waals surface area contributed by atoms with Gasteiger partial charge in [0.2, 0.25) is 5.78 Å². The monoisotopic (exact) mass is 438 g/mol. The Kier molecular flexibility index (Phi) is 6.62. The van der Waals surface area contributed by atoms with Crippen molar-refractivity contribution in [1.29, 1.82) is 0 Å². The Hall–Kier alpha value is -3.10. The largest absolute Gasteiger partial charge is 0.496 e. The Morgan fingerprint density at radius 1 is 1.25 bits per heavy atom. The van der Waals surface area contributed by atoms with E-state index in [-0.39, 0.29) is 5.78 Å². The molecule has 4 rings (SSSR count). The van der Waals surface area contributed by atoms with Crippen LogP contribution in [-0.4, -0.2) is 73.9 Å². The SMILES string of the molecule is COc1ccc(C(=O)C2C(=O)C(=O)N(CC[NH+]3CCOCC3)C2c2cccnc2)cc1C. The smallest absolute Gasteiger partial charge is 0.291 e. The van der Waals surface area contributed by atoms with Gasteiger partial charge in [-0.25, -0.2) is 0 Å². The molecule has 1 aromatic carbocycles. The highest BCUT2D eigenvalue weighted by molar-refractivity contribution is 6.44. The van der Waals surface area contributed by atoms with Gasteiger partial charge in [0.25, 0.3) is 5.91 Å². The number of nitrogens with zero attached hydrogens (tertiary/aromatic N) is 2. The minimum absolute atomic E-state index is 0.357. The maximum absolute atomic E-state index is 13.5. The highest BCUT2D eigenvalue weighted by Gasteiger charge is 2.51. The number of benzene rings is 1. The topological polar surface area (TPSA) is 90.2 Å². The molecule has 0 saturated carbocycles. The number of aromatic nitrogens is 1. The summed E-state index contributed by atoms with van der Waals surface area (Å²) in [4.78, 5) is 46.7. The van der Waals surface area contributed by atoms with Crippen molar-refractivity contribution in [2.45, 2.75) is 13.0 Å². The highest BCUT2D eigenvalue weighted by atomic mass is 16.5. The Morgan fingerprint density at radius 2 is 2.03 bits per heavy atom. The molecule has 32 heavy (non-hydrogen) atoms. The molecule has 2 aliphatic heterocycles. The van der Waals surface area contributed by atoms with Crippen LogP contribution < -0.4 is 9.64 Å². The van der Waals surface area contributed by atoms with Gasteiger partial charge in [-0.05, 0) is 42.3 Å². The van der Waals surface area contributed by atoms with Crippen molar-refractivity contribution < 1.29 is 28.8 Å². The Balaban J connectivity index is 1.65. The lowest BCUT2D eigenvalue weighted by Crippen LogP contribution is -3.14. The van der Waals surface area contributed by atoms with Gasteiger partial charge in [0, 0.05) is 18.0 Å². The second-order valence-corrected chi connectivity index (χ2v) is 8.23. The predicted octanol–water partition coefficient (Wildman–Crippen LogP) is 0.265. The van der Waals surface area contributed by atoms with Crippen LogP contribution in [0.5, 0.6) is 5.75 Å². The van der Waals surface area contributed by atoms with E-state index in [0.29, 0.717) is 43.2 Å². The van der Waals surface area contributed by atoms with Gasteiger partial charge in [0.15, 0.2) is 5.78 Å². The summed E-state index contributed by atoms with van der Waals surface area (Å²) in [5, 5.41) is 0. The number of hydrogen-bond acceptors (Lipinski definition) is 6. The van der Waals surface area contributed by atoms with E-state index in [2.05, 4.69) is 4.98 Å². The summed E-state index contributed by atoms with van der Waals surface area (Å²) < 4.78 is 10.7. The van der Waals surface area contributed by atoms with Crippen LogP contribution in [0.4, 0.5) is 0 Å². The number of ether oxygens (including phenoxy) is 2. The van der Waals surface area contributed by atoms with Crippen LogP contribution in [0.15, 0.2) is 42.7 Å². The van der Waals surface area contributed by atoms with Crippen molar-refractivity contribution in [2.75, 3.05) is 46.5 Å². The minimum Gasteiger partial charge on any atom is -0.496 e. The van der Waals surface area contributed by atoms with Crippen molar-refractivity contribution in [3.63, 3.8) is 0 Å². The zero-order chi connectivity index (χ0) is 22.7. The number of carbonyl (C=O) groups excluding carboxylic acids is 3. The van der Waals surface area contributed by atoms with Gasteiger partial charge in [0.1, 0.15) is 24.8 Å². The fraction of sp³-hybridized carbons (Fsp3) is 0.417. The van der Waals surface area contributed by atoms with Gasteiger partial charge < -0.3 is 19.3 Å². The van der Waals surface area contributed by atoms with Crippen molar-refractivity contribution >= 4 is 17.5 Å². The predicted molar refractivity (Wildman–Crippen MR) is 116 cm³/mol. The van der Waals surface area contributed by atoms with Gasteiger partial charge >= 0.3 is 0 Å². The number of rotatable bonds is 7. The number of hydrogen-bond donors (Lipinski definition) is 1. The highest BCUT2D eigenvalue weighted by Crippen LogP contribution is 2.38. The molecule has 8 heteroatoms. The number of likely N-dealkylation sites (tertiary alicyclic amines) is 1. The molecule has 8 nitrogen and oxygen atoms in total. The van der Waals surface area contributed by atoms with Gasteiger partial charge in [-0.1, -0.05) is 6.07 Å². The van der Waals surface area contributed by atoms with Crippen molar-refractivity contribution in [3.05, 3.63) is 59.4 Å². The third-order valence-corrected chi connectivity index (χ3v) is 6.30. The molecule has 2 unspecified atom stereocenters. The average molecular weight is 439 g/mol. The molecule has 0 spiro atoms. The Labute approximate surface area is 187 Å². The van der Waals surface area contributed by atoms with Gasteiger partial charge in [-0.15, -0.1) is 0 Å². The maximum atomic E-state index is 13.5. The molecule has 1 N–H and O–H groups in total. The molecule has 0 aliphatic carbocycles. The number of pyridine rings is 1. The second kappa shape index (κ2) is 9.58. The Bertz CT molecular complexity index is 1000. The standard InChI is InChI=1S/C24H27N3O5/c1-16-14-17(5-6-19(16)31-2)22(28)20-21(18-4-3-7-25-15-18)27(24(30)23(20)29)9-8-26-10-12-32-13-11-26/h3-7,14-15,20-21H,8-13H2,1-2H3/p+1. The van der Waals surface area contributed by atoms with E-state index in [0.717, 1.165) is 18.7 Å². The Morgan fingerprint density at radius 3 is 2.69 bits per heavy atom. The summed E-state index contributed by atoms with van der Waals surface area (Å²) in [6.45, 7) is 6.03. The van der Waals surface area contributed by atoms with Crippen LogP contribution in [-0.2, 0) is 14.3 Å². The summed E-state index contributed by atoms with van der Waals surface area (Å²) >= 11 is 0. The fourth-order valence-corrected chi connectivity index (χ4v) is 4.55. The van der Waals surface area contributed by atoms with Crippen molar-refractivity contribution in [3.8, 4) is 5.75 Å². The van der Waals surface area contributed by atoms with E-state index in [4.69, 9.17) is 9.47 Å². The van der Waals surface area contributed by atoms with Crippen LogP contribution in [0.3, 0.4) is 0 Å². The number of amides is 1. The van der Waals surface area contributed by atoms with Crippen molar-refractivity contribution in [2.24, 2.45) is 5.92 Å². The zero-order valence-electron chi connectivity index (χ0n) is 18.4. The summed E-state index contributed by atoms with van der Waals surface area (Å²) in [6.07, 6.45) is 3.26. The number of ketones is 2. The maximum Gasteiger partial charge on any atom is 0.291 e. The van der Waals surface area contributed by atoms with E-state index in [1.54, 1.807) is 48.7 Å². The normalized spacial score (nSPS) is 21.8. The summed E-state index contributed by atoms with van der Waals surface area (Å²) in [6, 6.07) is 7.97. The van der Waals surface area contributed by atoms with E-state index in [9.17, 15) is 14.4 Å². The lowest BCUT2D eigenvalue weighted by molar-refractivity contribution is -0.907. The molecule has 2 saturated heterocycles. The van der Waals surface area contributed by atoms with E-state index >= 15 is 0 Å². The first-order valence-electron chi connectivity index (χ1n) is 10.9. The van der Waals surface area contributed by atoms with Gasteiger partial charge in [0.05, 0.1) is 39.5 Å². The molecule has 2 aliphatic rings. The van der Waals surface area contributed by atoms with Crippen molar-refractivity contribution in [1.82, 2.24) is 9.88 Å². The first-order valence-corrected chi connectivity index (χ1v) is 10.9. The van der Waals surface area contributed by atoms with Gasteiger partial charge in [-0.2, -0.15) is 0 Å². The molecule has 1 aromatic heterocycles. The first-order chi connectivity index (χ1) is 15.5. The number of aryl methyl sites for hydroxylation is 1. The second-order valence-electron chi connectivity index (χ2n) is 8.23. The van der Waals surface area contributed by atoms with Crippen LogP contribution >= 0.6 is 0 Å². The van der Waals surface area contributed by atoms with Crippen LogP contribution in [0.1, 0.15) is 27.5 Å². The molecule has 2 fully saturated rings. The molecular weight excluding hydrogens is 410 g/mol. The summed E-state index contributed by atoms with van der Waals surface area (Å²) in [5.74, 6) is -2.05. The lowest BCUT2D eigenvalue weighted by Gasteiger charge is -2.30. The number of Topliss-reactive ketones (excluding diaryl/α,β-unsaturated/α-hetero) is 2. The van der Waals surface area contributed by atoms with E-state index < -0.39 is 23.7 Å². The number of quaternary nitrogens is 1. The fourth-order valence-electron chi connectivity index (χ4n) is 4.55. The van der Waals surface area contributed by atoms with Crippen LogP contribution in [0.25, 0.3) is 0 Å². The van der Waals surface area contributed by atoms with E-state index in [1.807, 2.05) is 13.0 Å². The summed E-state index contributed by atoms with van der Waals surface area (Å²) in [5.41, 5.74) is 1.87. The third kappa shape index (κ3) is 4.28. The molecule has 2 atom stereocenters. The quantitative estimate of drug-likeness (QED) is 0.379. The first kappa shape index (κ1) is 22.1. The lowest BCUT2D eigenvalue weighted by atomic mass is 9.86. The number of methoxy groups -OCH3 is 1. The molecule has 1 amide bonds. The number of nitrogens with one attached hydrogen (secondary N) is 1. The third-order valence-electron chi connectivity index (χ3n) is 6.30. The molecule has 0 radical (unpaired) electrons. The van der Waals surface area contributed by atoms with E-state index in [1.165, 1.54) is 4.90 Å². The molecule has 3 heterocycles. The zero-order valence-corrected chi connectivity index (χ0v) is 18.4. The molecule has 168 valence electrons. The molecular formula is C24H28N3O5+. The van der Waals surface area contributed by atoms with Crippen LogP contribution in [0.2, 0.25) is 0 Å². The minimum atomic E-state index is -1.10. The molecule has 2 aromatic rings. The number of carbonyl (C=O) groups is 3. The van der Waals surface area contributed by atoms with Gasteiger partial charge in [-0.3, -0.25) is 19.4 Å². The molecule has 0 bridgehead atoms. The summed E-state index contributed by atoms with van der Waals surface area (Å²) in [7, 11) is 1.57. The number of morpholine rings is 1. The van der Waals surface area contributed by atoms with Crippen LogP contribution in [0, 0.1) is 12.8 Å².